The molecule has 0 bridgehead atoms. The molecule has 2 unspecified atom stereocenters. The summed E-state index contributed by atoms with van der Waals surface area (Å²) in [5.74, 6) is 2.42. The second-order valence-corrected chi connectivity index (χ2v) is 6.02. The molecule has 1 fully saturated rings. The SMILES string of the molecule is COc1ccccc1OCCC1CCCCC1Br. The molecule has 1 aromatic carbocycles. The van der Waals surface area contributed by atoms with Crippen molar-refractivity contribution in [2.75, 3.05) is 13.7 Å². The fraction of sp³-hybridized carbons (Fsp3) is 0.600. The number of alkyl halides is 1. The smallest absolute Gasteiger partial charge is 0.161 e. The lowest BCUT2D eigenvalue weighted by atomic mass is 9.87. The summed E-state index contributed by atoms with van der Waals surface area (Å²) < 4.78 is 11.1. The maximum atomic E-state index is 5.83. The summed E-state index contributed by atoms with van der Waals surface area (Å²) in [6, 6.07) is 7.83. The van der Waals surface area contributed by atoms with E-state index in [9.17, 15) is 0 Å². The number of hydrogen-bond donors (Lipinski definition) is 0. The molecule has 0 N–H and O–H groups in total. The zero-order valence-corrected chi connectivity index (χ0v) is 12.5. The third-order valence-corrected chi connectivity index (χ3v) is 4.84. The molecule has 0 spiro atoms. The van der Waals surface area contributed by atoms with E-state index >= 15 is 0 Å². The average Bonchev–Trinajstić information content (AvgIpc) is 2.41. The molecule has 1 aliphatic carbocycles. The van der Waals surface area contributed by atoms with Crippen molar-refractivity contribution in [1.29, 1.82) is 0 Å². The maximum Gasteiger partial charge on any atom is 0.161 e. The first kappa shape index (κ1) is 13.7. The van der Waals surface area contributed by atoms with Crippen LogP contribution in [0, 0.1) is 5.92 Å². The largest absolute Gasteiger partial charge is 0.493 e. The third-order valence-electron chi connectivity index (χ3n) is 3.63. The minimum atomic E-state index is 0.674. The van der Waals surface area contributed by atoms with Gasteiger partial charge in [-0.15, -0.1) is 0 Å². The summed E-state index contributed by atoms with van der Waals surface area (Å²) in [4.78, 5) is 0.674. The molecule has 1 saturated carbocycles. The van der Waals surface area contributed by atoms with E-state index in [0.29, 0.717) is 4.83 Å². The number of benzene rings is 1. The quantitative estimate of drug-likeness (QED) is 0.749. The van der Waals surface area contributed by atoms with Gasteiger partial charge < -0.3 is 9.47 Å². The first-order valence-corrected chi connectivity index (χ1v) is 7.62. The van der Waals surface area contributed by atoms with Crippen LogP contribution >= 0.6 is 15.9 Å². The Kier molecular flexibility index (Phi) is 5.36. The van der Waals surface area contributed by atoms with Crippen LogP contribution in [0.15, 0.2) is 24.3 Å². The van der Waals surface area contributed by atoms with Crippen molar-refractivity contribution in [3.8, 4) is 11.5 Å². The number of ether oxygens (including phenoxy) is 2. The van der Waals surface area contributed by atoms with Crippen molar-refractivity contribution >= 4 is 15.9 Å². The molecule has 1 aromatic rings. The van der Waals surface area contributed by atoms with Gasteiger partial charge in [0.1, 0.15) is 0 Å². The fourth-order valence-electron chi connectivity index (χ4n) is 2.55. The molecule has 0 radical (unpaired) electrons. The topological polar surface area (TPSA) is 18.5 Å². The van der Waals surface area contributed by atoms with Gasteiger partial charge in [-0.3, -0.25) is 0 Å². The Morgan fingerprint density at radius 2 is 1.89 bits per heavy atom. The normalized spacial score (nSPS) is 23.7. The standard InChI is InChI=1S/C15H21BrO2/c1-17-14-8-4-5-9-15(14)18-11-10-12-6-2-3-7-13(12)16/h4-5,8-9,12-13H,2-3,6-7,10-11H2,1H3. The lowest BCUT2D eigenvalue weighted by Crippen LogP contribution is -2.21. The van der Waals surface area contributed by atoms with Crippen molar-refractivity contribution in [3.05, 3.63) is 24.3 Å². The number of halogens is 1. The van der Waals surface area contributed by atoms with Crippen LogP contribution in [-0.4, -0.2) is 18.5 Å². The Labute approximate surface area is 118 Å². The average molecular weight is 313 g/mol. The first-order valence-electron chi connectivity index (χ1n) is 6.71. The molecular weight excluding hydrogens is 292 g/mol. The van der Waals surface area contributed by atoms with Gasteiger partial charge in [0.15, 0.2) is 11.5 Å². The highest BCUT2D eigenvalue weighted by molar-refractivity contribution is 9.09. The molecule has 2 rings (SSSR count). The van der Waals surface area contributed by atoms with Crippen molar-refractivity contribution in [1.82, 2.24) is 0 Å². The summed E-state index contributed by atoms with van der Waals surface area (Å²) >= 11 is 3.79. The van der Waals surface area contributed by atoms with Gasteiger partial charge in [0, 0.05) is 4.83 Å². The van der Waals surface area contributed by atoms with E-state index in [1.165, 1.54) is 25.7 Å². The lowest BCUT2D eigenvalue weighted by Gasteiger charge is -2.27. The van der Waals surface area contributed by atoms with E-state index < -0.39 is 0 Å². The Bertz CT molecular complexity index is 367. The van der Waals surface area contributed by atoms with Gasteiger partial charge in [-0.2, -0.15) is 0 Å². The number of methoxy groups -OCH3 is 1. The van der Waals surface area contributed by atoms with Crippen LogP contribution in [0.1, 0.15) is 32.1 Å². The minimum absolute atomic E-state index is 0.674. The van der Waals surface area contributed by atoms with Gasteiger partial charge >= 0.3 is 0 Å². The Morgan fingerprint density at radius 3 is 2.61 bits per heavy atom. The zero-order chi connectivity index (χ0) is 12.8. The van der Waals surface area contributed by atoms with Crippen LogP contribution in [-0.2, 0) is 0 Å². The van der Waals surface area contributed by atoms with Crippen LogP contribution in [0.3, 0.4) is 0 Å². The van der Waals surface area contributed by atoms with Crippen molar-refractivity contribution in [3.63, 3.8) is 0 Å². The lowest BCUT2D eigenvalue weighted by molar-refractivity contribution is 0.243. The molecule has 3 heteroatoms. The van der Waals surface area contributed by atoms with Gasteiger partial charge in [-0.25, -0.2) is 0 Å². The van der Waals surface area contributed by atoms with Crippen LogP contribution in [0.25, 0.3) is 0 Å². The summed E-state index contributed by atoms with van der Waals surface area (Å²) in [6.07, 6.45) is 6.47. The molecule has 1 aliphatic rings. The van der Waals surface area contributed by atoms with E-state index in [1.807, 2.05) is 24.3 Å². The fourth-order valence-corrected chi connectivity index (χ4v) is 3.40. The molecule has 2 nitrogen and oxygen atoms in total. The predicted molar refractivity (Wildman–Crippen MR) is 77.8 cm³/mol. The summed E-state index contributed by atoms with van der Waals surface area (Å²) in [5.41, 5.74) is 0. The van der Waals surface area contributed by atoms with Gasteiger partial charge in [-0.05, 0) is 37.3 Å². The van der Waals surface area contributed by atoms with E-state index in [2.05, 4.69) is 15.9 Å². The molecule has 0 heterocycles. The van der Waals surface area contributed by atoms with Crippen LogP contribution in [0.2, 0.25) is 0 Å². The van der Waals surface area contributed by atoms with Gasteiger partial charge in [-0.1, -0.05) is 40.9 Å². The number of hydrogen-bond acceptors (Lipinski definition) is 2. The summed E-state index contributed by atoms with van der Waals surface area (Å²) in [7, 11) is 1.68. The van der Waals surface area contributed by atoms with Gasteiger partial charge in [0.25, 0.3) is 0 Å². The monoisotopic (exact) mass is 312 g/mol. The summed E-state index contributed by atoms with van der Waals surface area (Å²) in [6.45, 7) is 0.771. The van der Waals surface area contributed by atoms with Crippen LogP contribution < -0.4 is 9.47 Å². The molecule has 100 valence electrons. The van der Waals surface area contributed by atoms with E-state index in [0.717, 1.165) is 30.4 Å². The first-order chi connectivity index (χ1) is 8.81. The highest BCUT2D eigenvalue weighted by Gasteiger charge is 2.22. The number of para-hydroxylation sites is 2. The van der Waals surface area contributed by atoms with Gasteiger partial charge in [0.2, 0.25) is 0 Å². The second kappa shape index (κ2) is 7.03. The minimum Gasteiger partial charge on any atom is -0.493 e. The van der Waals surface area contributed by atoms with Gasteiger partial charge in [0.05, 0.1) is 13.7 Å². The predicted octanol–water partition coefficient (Wildman–Crippen LogP) is 4.42. The van der Waals surface area contributed by atoms with E-state index in [4.69, 9.17) is 9.47 Å². The Hall–Kier alpha value is -0.700. The zero-order valence-electron chi connectivity index (χ0n) is 10.9. The molecule has 0 saturated heterocycles. The van der Waals surface area contributed by atoms with Crippen molar-refractivity contribution in [2.45, 2.75) is 36.9 Å². The van der Waals surface area contributed by atoms with Crippen LogP contribution in [0.5, 0.6) is 11.5 Å². The van der Waals surface area contributed by atoms with Crippen molar-refractivity contribution in [2.24, 2.45) is 5.92 Å². The number of rotatable bonds is 5. The summed E-state index contributed by atoms with van der Waals surface area (Å²) in [5, 5.41) is 0. The highest BCUT2D eigenvalue weighted by atomic mass is 79.9. The molecule has 0 aromatic heterocycles. The molecule has 18 heavy (non-hydrogen) atoms. The molecular formula is C15H21BrO2. The van der Waals surface area contributed by atoms with E-state index in [1.54, 1.807) is 7.11 Å². The van der Waals surface area contributed by atoms with Crippen molar-refractivity contribution < 1.29 is 9.47 Å². The molecule has 2 atom stereocenters. The molecule has 0 amide bonds. The second-order valence-electron chi connectivity index (χ2n) is 4.85. The Morgan fingerprint density at radius 1 is 1.17 bits per heavy atom. The van der Waals surface area contributed by atoms with Crippen LogP contribution in [0.4, 0.5) is 0 Å². The maximum absolute atomic E-state index is 5.83. The highest BCUT2D eigenvalue weighted by Crippen LogP contribution is 2.33. The molecule has 0 aliphatic heterocycles. The third kappa shape index (κ3) is 3.64. The van der Waals surface area contributed by atoms with E-state index in [-0.39, 0.29) is 0 Å². The Balaban J connectivity index is 1.80.